The van der Waals surface area contributed by atoms with Crippen molar-refractivity contribution in [3.05, 3.63) is 90.0 Å². The van der Waals surface area contributed by atoms with E-state index in [9.17, 15) is 18.8 Å². The number of rotatable bonds is 9. The molecule has 176 valence electrons. The Hall–Kier alpha value is -3.08. The molecule has 0 heterocycles. The summed E-state index contributed by atoms with van der Waals surface area (Å²) in [7, 11) is 0. The highest BCUT2D eigenvalue weighted by Gasteiger charge is 2.30. The van der Waals surface area contributed by atoms with Gasteiger partial charge in [-0.2, -0.15) is 14.0 Å². The molecule has 0 spiro atoms. The second kappa shape index (κ2) is 11.4. The highest BCUT2D eigenvalue weighted by atomic mass is 35.5. The third kappa shape index (κ3) is 7.21. The normalized spacial score (nSPS) is 13.1. The Morgan fingerprint density at radius 2 is 1.62 bits per heavy atom. The monoisotopic (exact) mass is 501 g/mol. The van der Waals surface area contributed by atoms with Gasteiger partial charge in [0.1, 0.15) is 17.6 Å². The van der Waals surface area contributed by atoms with E-state index in [-0.39, 0.29) is 22.6 Å². The zero-order valence-electron chi connectivity index (χ0n) is 18.5. The Morgan fingerprint density at radius 3 is 2.21 bits per heavy atom. The molecule has 2 unspecified atom stereocenters. The number of nitrogens with zero attached hydrogens (tertiary/aromatic N) is 1. The number of para-hydroxylation sites is 1. The molecular weight excluding hydrogens is 480 g/mol. The number of halogens is 3. The molecule has 4 nitrogen and oxygen atoms in total. The summed E-state index contributed by atoms with van der Waals surface area (Å²) in [4.78, 5) is 13.3. The van der Waals surface area contributed by atoms with Crippen LogP contribution in [0.3, 0.4) is 0 Å². The van der Waals surface area contributed by atoms with E-state index in [4.69, 9.17) is 21.1 Å². The lowest BCUT2D eigenvalue weighted by atomic mass is 9.88. The number of hydrogen-bond donors (Lipinski definition) is 0. The van der Waals surface area contributed by atoms with E-state index in [1.54, 1.807) is 48.5 Å². The Balaban J connectivity index is 1.76. The second-order valence-electron chi connectivity index (χ2n) is 7.77. The van der Waals surface area contributed by atoms with Crippen molar-refractivity contribution in [2.75, 3.05) is 0 Å². The SMILES string of the molecule is CC(C)C(C(=O)OC(C#N)c1cccc(Oc2ccccc2)c1)c1ccc(SC(F)(F)Cl)cc1. The standard InChI is InChI=1S/C26H22ClF2NO3S/c1-17(2)24(18-11-13-22(14-12-18)34-26(27,28)29)25(31)33-23(16-30)19-7-6-10-21(15-19)32-20-8-4-3-5-9-20/h3-15,17,23-24H,1-2H3. The van der Waals surface area contributed by atoms with Crippen molar-refractivity contribution in [2.24, 2.45) is 5.92 Å². The molecule has 2 atom stereocenters. The maximum atomic E-state index is 13.1. The lowest BCUT2D eigenvalue weighted by molar-refractivity contribution is -0.150. The van der Waals surface area contributed by atoms with E-state index < -0.39 is 22.7 Å². The topological polar surface area (TPSA) is 59.3 Å². The molecule has 0 aliphatic rings. The van der Waals surface area contributed by atoms with Crippen LogP contribution in [0.4, 0.5) is 8.78 Å². The summed E-state index contributed by atoms with van der Waals surface area (Å²) in [5.74, 6) is -0.287. The predicted octanol–water partition coefficient (Wildman–Crippen LogP) is 7.91. The van der Waals surface area contributed by atoms with Crippen molar-refractivity contribution in [2.45, 2.75) is 35.5 Å². The van der Waals surface area contributed by atoms with Gasteiger partial charge in [0.25, 0.3) is 0 Å². The Kier molecular flexibility index (Phi) is 8.54. The third-order valence-corrected chi connectivity index (χ3v) is 5.86. The van der Waals surface area contributed by atoms with Gasteiger partial charge in [-0.1, -0.05) is 56.3 Å². The zero-order chi connectivity index (χ0) is 24.7. The van der Waals surface area contributed by atoms with Crippen LogP contribution in [0.5, 0.6) is 11.5 Å². The smallest absolute Gasteiger partial charge is 0.375 e. The van der Waals surface area contributed by atoms with Crippen LogP contribution in [0, 0.1) is 17.2 Å². The number of thioether (sulfide) groups is 1. The van der Waals surface area contributed by atoms with Crippen molar-refractivity contribution in [3.63, 3.8) is 0 Å². The molecule has 3 aromatic carbocycles. The van der Waals surface area contributed by atoms with Crippen LogP contribution in [-0.4, -0.2) is 10.7 Å². The maximum absolute atomic E-state index is 13.1. The molecule has 0 radical (unpaired) electrons. The number of carbonyl (C=O) groups is 1. The molecule has 0 N–H and O–H groups in total. The summed E-state index contributed by atoms with van der Waals surface area (Å²) in [6.07, 6.45) is -1.14. The quantitative estimate of drug-likeness (QED) is 0.169. The molecule has 0 saturated carbocycles. The fraction of sp³-hybridized carbons (Fsp3) is 0.231. The van der Waals surface area contributed by atoms with Crippen LogP contribution in [0.25, 0.3) is 0 Å². The first-order valence-corrected chi connectivity index (χ1v) is 11.6. The first-order valence-electron chi connectivity index (χ1n) is 10.4. The summed E-state index contributed by atoms with van der Waals surface area (Å²) in [5.41, 5.74) is 1.07. The lowest BCUT2D eigenvalue weighted by Gasteiger charge is -2.22. The molecule has 0 aliphatic carbocycles. The Morgan fingerprint density at radius 1 is 0.971 bits per heavy atom. The fourth-order valence-electron chi connectivity index (χ4n) is 3.39. The molecule has 3 rings (SSSR count). The molecule has 0 aliphatic heterocycles. The average molecular weight is 502 g/mol. The largest absolute Gasteiger partial charge is 0.457 e. The van der Waals surface area contributed by atoms with E-state index in [2.05, 4.69) is 0 Å². The Bertz CT molecular complexity index is 1150. The Labute approximate surface area is 206 Å². The highest BCUT2D eigenvalue weighted by Crippen LogP contribution is 2.40. The first kappa shape index (κ1) is 25.5. The van der Waals surface area contributed by atoms with E-state index in [0.717, 1.165) is 0 Å². The van der Waals surface area contributed by atoms with Gasteiger partial charge in [-0.15, -0.1) is 0 Å². The second-order valence-corrected chi connectivity index (χ2v) is 9.66. The van der Waals surface area contributed by atoms with E-state index in [1.807, 2.05) is 38.1 Å². The van der Waals surface area contributed by atoms with Crippen LogP contribution in [0.2, 0.25) is 0 Å². The van der Waals surface area contributed by atoms with Crippen molar-refractivity contribution in [3.8, 4) is 17.6 Å². The van der Waals surface area contributed by atoms with Gasteiger partial charge in [-0.05, 0) is 71.2 Å². The number of benzene rings is 3. The van der Waals surface area contributed by atoms with Crippen molar-refractivity contribution in [1.82, 2.24) is 0 Å². The zero-order valence-corrected chi connectivity index (χ0v) is 20.0. The third-order valence-electron chi connectivity index (χ3n) is 4.88. The van der Waals surface area contributed by atoms with Gasteiger partial charge in [-0.25, -0.2) is 0 Å². The summed E-state index contributed by atoms with van der Waals surface area (Å²) < 4.78 is 34.0. The summed E-state index contributed by atoms with van der Waals surface area (Å²) in [5, 5.41) is 9.69. The van der Waals surface area contributed by atoms with Gasteiger partial charge in [0.05, 0.1) is 5.92 Å². The highest BCUT2D eigenvalue weighted by molar-refractivity contribution is 8.01. The molecule has 8 heteroatoms. The number of hydrogen-bond acceptors (Lipinski definition) is 5. The van der Waals surface area contributed by atoms with Crippen molar-refractivity contribution >= 4 is 29.3 Å². The molecule has 3 aromatic rings. The van der Waals surface area contributed by atoms with Gasteiger partial charge in [0, 0.05) is 10.5 Å². The molecule has 0 fully saturated rings. The molecule has 0 saturated heterocycles. The molecule has 0 amide bonds. The van der Waals surface area contributed by atoms with Gasteiger partial charge in [0.2, 0.25) is 6.10 Å². The lowest BCUT2D eigenvalue weighted by Crippen LogP contribution is -2.22. The molecular formula is C26H22ClF2NO3S. The average Bonchev–Trinajstić information content (AvgIpc) is 2.78. The number of alkyl halides is 3. The first-order chi connectivity index (χ1) is 16.2. The minimum absolute atomic E-state index is 0.160. The number of ether oxygens (including phenoxy) is 2. The van der Waals surface area contributed by atoms with Crippen molar-refractivity contribution < 1.29 is 23.0 Å². The maximum Gasteiger partial charge on any atom is 0.375 e. The number of carbonyl (C=O) groups excluding carboxylic acids is 1. The van der Waals surface area contributed by atoms with Gasteiger partial charge in [-0.3, -0.25) is 4.79 Å². The summed E-state index contributed by atoms with van der Waals surface area (Å²) >= 11 is 5.19. The molecule has 34 heavy (non-hydrogen) atoms. The number of esters is 1. The molecule has 0 aromatic heterocycles. The van der Waals surface area contributed by atoms with Crippen LogP contribution in [0.15, 0.2) is 83.8 Å². The summed E-state index contributed by atoms with van der Waals surface area (Å²) in [6, 6.07) is 24.1. The minimum Gasteiger partial charge on any atom is -0.457 e. The predicted molar refractivity (Wildman–Crippen MR) is 128 cm³/mol. The van der Waals surface area contributed by atoms with Crippen LogP contribution in [0.1, 0.15) is 37.0 Å². The van der Waals surface area contributed by atoms with E-state index in [1.165, 1.54) is 12.1 Å². The van der Waals surface area contributed by atoms with E-state index >= 15 is 0 Å². The number of nitriles is 1. The van der Waals surface area contributed by atoms with E-state index in [0.29, 0.717) is 22.6 Å². The summed E-state index contributed by atoms with van der Waals surface area (Å²) in [6.45, 7) is 3.69. The van der Waals surface area contributed by atoms with Gasteiger partial charge < -0.3 is 9.47 Å². The fourth-order valence-corrected chi connectivity index (χ4v) is 4.20. The van der Waals surface area contributed by atoms with Crippen LogP contribution >= 0.6 is 23.4 Å². The van der Waals surface area contributed by atoms with Gasteiger partial charge in [0.15, 0.2) is 0 Å². The minimum atomic E-state index is -3.42. The van der Waals surface area contributed by atoms with Crippen LogP contribution in [-0.2, 0) is 9.53 Å². The van der Waals surface area contributed by atoms with Gasteiger partial charge >= 0.3 is 10.7 Å². The molecule has 0 bridgehead atoms. The van der Waals surface area contributed by atoms with Crippen LogP contribution < -0.4 is 4.74 Å². The van der Waals surface area contributed by atoms with Crippen molar-refractivity contribution in [1.29, 1.82) is 5.26 Å².